The summed E-state index contributed by atoms with van der Waals surface area (Å²) in [6.45, 7) is 0. The predicted octanol–water partition coefficient (Wildman–Crippen LogP) is 4.93. The Balaban J connectivity index is 1.70. The highest BCUT2D eigenvalue weighted by molar-refractivity contribution is 5.97. The zero-order chi connectivity index (χ0) is 18.9. The molecule has 3 heterocycles. The van der Waals surface area contributed by atoms with Crippen LogP contribution in [-0.4, -0.2) is 27.0 Å². The zero-order valence-corrected chi connectivity index (χ0v) is 15.2. The number of H-pyrrole nitrogens is 1. The SMILES string of the molecule is COc1cccc2nc(-c3ccncc3)nc(Nc3ccc4[nH]ccc4c3)c12. The first kappa shape index (κ1) is 16.3. The van der Waals surface area contributed by atoms with E-state index in [-0.39, 0.29) is 0 Å². The van der Waals surface area contributed by atoms with Crippen LogP contribution in [0.2, 0.25) is 0 Å². The average Bonchev–Trinajstić information content (AvgIpc) is 3.21. The summed E-state index contributed by atoms with van der Waals surface area (Å²) in [7, 11) is 1.65. The molecule has 0 fully saturated rings. The summed E-state index contributed by atoms with van der Waals surface area (Å²) in [6.07, 6.45) is 5.40. The van der Waals surface area contributed by atoms with Gasteiger partial charge in [-0.25, -0.2) is 9.97 Å². The molecule has 0 atom stereocenters. The van der Waals surface area contributed by atoms with E-state index in [4.69, 9.17) is 14.7 Å². The van der Waals surface area contributed by atoms with Gasteiger partial charge in [0, 0.05) is 40.7 Å². The van der Waals surface area contributed by atoms with Gasteiger partial charge in [-0.2, -0.15) is 0 Å². The predicted molar refractivity (Wildman–Crippen MR) is 111 cm³/mol. The van der Waals surface area contributed by atoms with Crippen molar-refractivity contribution in [2.45, 2.75) is 0 Å². The molecule has 2 aromatic carbocycles. The summed E-state index contributed by atoms with van der Waals surface area (Å²) in [5, 5.41) is 5.43. The van der Waals surface area contributed by atoms with Crippen molar-refractivity contribution in [3.8, 4) is 17.1 Å². The number of pyridine rings is 1. The van der Waals surface area contributed by atoms with Crippen molar-refractivity contribution < 1.29 is 4.74 Å². The summed E-state index contributed by atoms with van der Waals surface area (Å²) in [5.41, 5.74) is 3.75. The first-order valence-corrected chi connectivity index (χ1v) is 8.91. The molecule has 0 aliphatic heterocycles. The lowest BCUT2D eigenvalue weighted by atomic mass is 10.1. The second-order valence-electron chi connectivity index (χ2n) is 6.39. The Hall–Kier alpha value is -3.93. The topological polar surface area (TPSA) is 75.7 Å². The molecule has 0 bridgehead atoms. The minimum absolute atomic E-state index is 0.633. The van der Waals surface area contributed by atoms with Crippen LogP contribution in [0.15, 0.2) is 73.2 Å². The fourth-order valence-corrected chi connectivity index (χ4v) is 3.31. The monoisotopic (exact) mass is 367 g/mol. The Morgan fingerprint density at radius 2 is 1.86 bits per heavy atom. The largest absolute Gasteiger partial charge is 0.496 e. The quantitative estimate of drug-likeness (QED) is 0.471. The molecule has 0 saturated heterocycles. The number of nitrogens with one attached hydrogen (secondary N) is 2. The maximum atomic E-state index is 5.57. The molecule has 0 aliphatic carbocycles. The summed E-state index contributed by atoms with van der Waals surface area (Å²) in [4.78, 5) is 16.8. The summed E-state index contributed by atoms with van der Waals surface area (Å²) < 4.78 is 5.57. The standard InChI is InChI=1S/C22H17N5O/c1-28-19-4-2-3-18-20(19)22(27-21(26-18)14-7-10-23-11-8-14)25-16-5-6-17-15(13-16)9-12-24-17/h2-13,24H,1H3,(H,25,26,27). The van der Waals surface area contributed by atoms with Gasteiger partial charge < -0.3 is 15.0 Å². The van der Waals surface area contributed by atoms with Crippen LogP contribution in [0.1, 0.15) is 0 Å². The Labute approximate surface area is 161 Å². The molecule has 0 saturated carbocycles. The Kier molecular flexibility index (Phi) is 3.87. The summed E-state index contributed by atoms with van der Waals surface area (Å²) >= 11 is 0. The number of rotatable bonds is 4. The van der Waals surface area contributed by atoms with Crippen molar-refractivity contribution in [3.63, 3.8) is 0 Å². The third-order valence-electron chi connectivity index (χ3n) is 4.66. The highest BCUT2D eigenvalue weighted by atomic mass is 16.5. The van der Waals surface area contributed by atoms with Crippen LogP contribution in [0.5, 0.6) is 5.75 Å². The molecule has 0 aliphatic rings. The number of aromatic nitrogens is 4. The van der Waals surface area contributed by atoms with Crippen molar-refractivity contribution in [1.82, 2.24) is 19.9 Å². The van der Waals surface area contributed by atoms with Gasteiger partial charge in [-0.15, -0.1) is 0 Å². The van der Waals surface area contributed by atoms with Gasteiger partial charge in [0.05, 0.1) is 18.0 Å². The van der Waals surface area contributed by atoms with Gasteiger partial charge in [0.2, 0.25) is 0 Å². The van der Waals surface area contributed by atoms with E-state index in [0.717, 1.165) is 38.8 Å². The van der Waals surface area contributed by atoms with Gasteiger partial charge >= 0.3 is 0 Å². The van der Waals surface area contributed by atoms with E-state index in [2.05, 4.69) is 21.4 Å². The van der Waals surface area contributed by atoms with Crippen molar-refractivity contribution in [1.29, 1.82) is 0 Å². The number of fused-ring (bicyclic) bond motifs is 2. The first-order chi connectivity index (χ1) is 13.8. The fraction of sp³-hybridized carbons (Fsp3) is 0.0455. The van der Waals surface area contributed by atoms with Crippen molar-refractivity contribution in [2.24, 2.45) is 0 Å². The third kappa shape index (κ3) is 2.81. The molecule has 5 rings (SSSR count). The molecular formula is C22H17N5O. The molecule has 5 aromatic rings. The summed E-state index contributed by atoms with van der Waals surface area (Å²) in [6, 6.07) is 17.8. The van der Waals surface area contributed by atoms with Crippen LogP contribution in [0.3, 0.4) is 0 Å². The Morgan fingerprint density at radius 3 is 2.71 bits per heavy atom. The molecule has 0 unspecified atom stereocenters. The smallest absolute Gasteiger partial charge is 0.162 e. The molecule has 3 aromatic heterocycles. The molecular weight excluding hydrogens is 350 g/mol. The van der Waals surface area contributed by atoms with Gasteiger partial charge in [0.25, 0.3) is 0 Å². The lowest BCUT2D eigenvalue weighted by molar-refractivity contribution is 0.420. The van der Waals surface area contributed by atoms with E-state index >= 15 is 0 Å². The normalized spacial score (nSPS) is 11.0. The van der Waals surface area contributed by atoms with E-state index in [9.17, 15) is 0 Å². The number of aromatic amines is 1. The maximum Gasteiger partial charge on any atom is 0.162 e. The Bertz CT molecular complexity index is 1280. The highest BCUT2D eigenvalue weighted by Crippen LogP contribution is 2.34. The molecule has 0 spiro atoms. The highest BCUT2D eigenvalue weighted by Gasteiger charge is 2.14. The number of hydrogen-bond acceptors (Lipinski definition) is 5. The lowest BCUT2D eigenvalue weighted by Gasteiger charge is -2.13. The van der Waals surface area contributed by atoms with Gasteiger partial charge in [0.1, 0.15) is 11.6 Å². The first-order valence-electron chi connectivity index (χ1n) is 8.91. The number of anilines is 2. The van der Waals surface area contributed by atoms with Crippen LogP contribution in [-0.2, 0) is 0 Å². The van der Waals surface area contributed by atoms with E-state index in [0.29, 0.717) is 11.6 Å². The second kappa shape index (κ2) is 6.66. The van der Waals surface area contributed by atoms with Crippen LogP contribution in [0.25, 0.3) is 33.2 Å². The number of hydrogen-bond donors (Lipinski definition) is 2. The molecule has 136 valence electrons. The van der Waals surface area contributed by atoms with Gasteiger partial charge in [-0.3, -0.25) is 4.98 Å². The van der Waals surface area contributed by atoms with E-state index in [1.54, 1.807) is 19.5 Å². The third-order valence-corrected chi connectivity index (χ3v) is 4.66. The number of benzene rings is 2. The molecule has 6 nitrogen and oxygen atoms in total. The molecule has 28 heavy (non-hydrogen) atoms. The van der Waals surface area contributed by atoms with Crippen molar-refractivity contribution in [2.75, 3.05) is 12.4 Å². The number of ether oxygens (including phenoxy) is 1. The average molecular weight is 367 g/mol. The summed E-state index contributed by atoms with van der Waals surface area (Å²) in [5.74, 6) is 2.06. The second-order valence-corrected chi connectivity index (χ2v) is 6.39. The lowest BCUT2D eigenvalue weighted by Crippen LogP contribution is -2.01. The fourth-order valence-electron chi connectivity index (χ4n) is 3.31. The van der Waals surface area contributed by atoms with Crippen LogP contribution in [0.4, 0.5) is 11.5 Å². The van der Waals surface area contributed by atoms with Crippen LogP contribution >= 0.6 is 0 Å². The number of methoxy groups -OCH3 is 1. The minimum Gasteiger partial charge on any atom is -0.496 e. The van der Waals surface area contributed by atoms with E-state index in [1.165, 1.54) is 0 Å². The van der Waals surface area contributed by atoms with Gasteiger partial charge in [-0.1, -0.05) is 6.07 Å². The molecule has 0 amide bonds. The van der Waals surface area contributed by atoms with Crippen molar-refractivity contribution in [3.05, 3.63) is 73.2 Å². The molecule has 6 heteroatoms. The van der Waals surface area contributed by atoms with Crippen molar-refractivity contribution >= 4 is 33.3 Å². The van der Waals surface area contributed by atoms with E-state index in [1.807, 2.05) is 54.7 Å². The maximum absolute atomic E-state index is 5.57. The van der Waals surface area contributed by atoms with E-state index < -0.39 is 0 Å². The van der Waals surface area contributed by atoms with Gasteiger partial charge in [0.15, 0.2) is 5.82 Å². The van der Waals surface area contributed by atoms with Gasteiger partial charge in [-0.05, 0) is 48.5 Å². The molecule has 0 radical (unpaired) electrons. The molecule has 2 N–H and O–H groups in total. The Morgan fingerprint density at radius 1 is 0.964 bits per heavy atom. The van der Waals surface area contributed by atoms with Crippen LogP contribution < -0.4 is 10.1 Å². The minimum atomic E-state index is 0.633. The van der Waals surface area contributed by atoms with Crippen LogP contribution in [0, 0.1) is 0 Å². The zero-order valence-electron chi connectivity index (χ0n) is 15.2. The number of nitrogens with zero attached hydrogens (tertiary/aromatic N) is 3.